The fourth-order valence-corrected chi connectivity index (χ4v) is 0.840. The molecule has 0 aliphatic rings. The molecule has 0 aliphatic carbocycles. The number of halogens is 1. The maximum Gasteiger partial charge on any atom is 0.410 e. The summed E-state index contributed by atoms with van der Waals surface area (Å²) in [6, 6.07) is 0. The third-order valence-electron chi connectivity index (χ3n) is 1.70. The zero-order chi connectivity index (χ0) is 12.2. The summed E-state index contributed by atoms with van der Waals surface area (Å²) >= 11 is 0. The number of nitrogens with zero attached hydrogens (tertiary/aromatic N) is 1. The van der Waals surface area contributed by atoms with Crippen molar-refractivity contribution in [3.63, 3.8) is 0 Å². The largest absolute Gasteiger partial charge is 0.444 e. The number of carbonyl (C=O) groups excluding carboxylic acids is 1. The Hall–Kier alpha value is -0.840. The lowest BCUT2D eigenvalue weighted by atomic mass is 10.2. The smallest absolute Gasteiger partial charge is 0.410 e. The summed E-state index contributed by atoms with van der Waals surface area (Å²) in [6.07, 6.45) is -3.11. The predicted octanol–water partition coefficient (Wildman–Crippen LogP) is 1.57. The number of alkyl halides is 1. The molecule has 0 aromatic carbocycles. The lowest BCUT2D eigenvalue weighted by molar-refractivity contribution is 0.0111. The van der Waals surface area contributed by atoms with E-state index in [0.29, 0.717) is 0 Å². The molecule has 0 spiro atoms. The lowest BCUT2D eigenvalue weighted by Gasteiger charge is -2.26. The molecule has 0 saturated heterocycles. The van der Waals surface area contributed by atoms with Gasteiger partial charge >= 0.3 is 6.09 Å². The molecule has 0 radical (unpaired) electrons. The van der Waals surface area contributed by atoms with Crippen LogP contribution in [0.2, 0.25) is 0 Å². The molecule has 2 atom stereocenters. The Morgan fingerprint density at radius 1 is 1.53 bits per heavy atom. The van der Waals surface area contributed by atoms with E-state index >= 15 is 0 Å². The van der Waals surface area contributed by atoms with Crippen molar-refractivity contribution in [3.8, 4) is 0 Å². The van der Waals surface area contributed by atoms with Gasteiger partial charge in [-0.05, 0) is 27.7 Å². The molecule has 0 aliphatic heterocycles. The Bertz CT molecular complexity index is 213. The first-order valence-electron chi connectivity index (χ1n) is 4.89. The van der Waals surface area contributed by atoms with Crippen molar-refractivity contribution in [2.75, 3.05) is 13.6 Å². The van der Waals surface area contributed by atoms with E-state index in [1.807, 2.05) is 0 Å². The number of hydrogen-bond acceptors (Lipinski definition) is 3. The number of amides is 1. The second kappa shape index (κ2) is 5.30. The second-order valence-corrected chi connectivity index (χ2v) is 4.61. The van der Waals surface area contributed by atoms with Gasteiger partial charge in [-0.3, -0.25) is 0 Å². The maximum atomic E-state index is 12.6. The Morgan fingerprint density at radius 2 is 2.00 bits per heavy atom. The number of carbonyl (C=O) groups is 1. The monoisotopic (exact) mass is 221 g/mol. The highest BCUT2D eigenvalue weighted by molar-refractivity contribution is 5.67. The predicted molar refractivity (Wildman–Crippen MR) is 55.4 cm³/mol. The zero-order valence-corrected chi connectivity index (χ0v) is 9.95. The van der Waals surface area contributed by atoms with E-state index in [0.717, 1.165) is 4.90 Å². The average Bonchev–Trinajstić information content (AvgIpc) is 2.00. The van der Waals surface area contributed by atoms with Crippen LogP contribution >= 0.6 is 0 Å². The Kier molecular flexibility index (Phi) is 5.00. The Balaban J connectivity index is 4.11. The van der Waals surface area contributed by atoms with E-state index in [4.69, 9.17) is 4.74 Å². The summed E-state index contributed by atoms with van der Waals surface area (Å²) in [5, 5.41) is 9.22. The van der Waals surface area contributed by atoms with Gasteiger partial charge in [0.15, 0.2) is 0 Å². The van der Waals surface area contributed by atoms with Gasteiger partial charge in [0.2, 0.25) is 0 Å². The van der Waals surface area contributed by atoms with Crippen LogP contribution in [-0.2, 0) is 4.74 Å². The first-order chi connectivity index (χ1) is 6.63. The highest BCUT2D eigenvalue weighted by Crippen LogP contribution is 2.10. The van der Waals surface area contributed by atoms with Crippen molar-refractivity contribution in [2.45, 2.75) is 45.6 Å². The van der Waals surface area contributed by atoms with Crippen LogP contribution in [0.5, 0.6) is 0 Å². The van der Waals surface area contributed by atoms with Crippen molar-refractivity contribution >= 4 is 6.09 Å². The standard InChI is InChI=1S/C10H20FNO3/c1-7(11)8(13)6-12(5)9(14)15-10(2,3)4/h7-8,13H,6H2,1-5H3/t7-,8-/m0/s1. The lowest BCUT2D eigenvalue weighted by Crippen LogP contribution is -2.40. The molecule has 4 nitrogen and oxygen atoms in total. The number of likely N-dealkylation sites (N-methyl/N-ethyl adjacent to an activating group) is 1. The number of aliphatic hydroxyl groups is 1. The SMILES string of the molecule is C[C@H](F)[C@@H](O)CN(C)C(=O)OC(C)(C)C. The van der Waals surface area contributed by atoms with Gasteiger partial charge in [-0.15, -0.1) is 0 Å². The van der Waals surface area contributed by atoms with Gasteiger partial charge in [0.05, 0.1) is 6.54 Å². The molecule has 1 N–H and O–H groups in total. The van der Waals surface area contributed by atoms with Crippen molar-refractivity contribution in [3.05, 3.63) is 0 Å². The summed E-state index contributed by atoms with van der Waals surface area (Å²) in [5.41, 5.74) is -0.586. The van der Waals surface area contributed by atoms with E-state index in [1.165, 1.54) is 14.0 Å². The van der Waals surface area contributed by atoms with Crippen LogP contribution in [0.1, 0.15) is 27.7 Å². The number of hydrogen-bond donors (Lipinski definition) is 1. The first kappa shape index (κ1) is 14.2. The summed E-state index contributed by atoms with van der Waals surface area (Å²) in [7, 11) is 1.46. The molecule has 90 valence electrons. The molecule has 0 saturated carbocycles. The van der Waals surface area contributed by atoms with E-state index < -0.39 is 24.0 Å². The molecule has 15 heavy (non-hydrogen) atoms. The maximum absolute atomic E-state index is 12.6. The Labute approximate surface area is 90.0 Å². The quantitative estimate of drug-likeness (QED) is 0.787. The summed E-state index contributed by atoms with van der Waals surface area (Å²) in [4.78, 5) is 12.5. The van der Waals surface area contributed by atoms with Crippen molar-refractivity contribution in [1.29, 1.82) is 0 Å². The average molecular weight is 221 g/mol. The minimum absolute atomic E-state index is 0.0768. The van der Waals surface area contributed by atoms with Crippen LogP contribution in [0.25, 0.3) is 0 Å². The van der Waals surface area contributed by atoms with Gasteiger partial charge in [0, 0.05) is 7.05 Å². The molecule has 0 aromatic heterocycles. The van der Waals surface area contributed by atoms with Crippen LogP contribution in [0.3, 0.4) is 0 Å². The van der Waals surface area contributed by atoms with Crippen LogP contribution in [0.4, 0.5) is 9.18 Å². The highest BCUT2D eigenvalue weighted by atomic mass is 19.1. The number of rotatable bonds is 3. The fourth-order valence-electron chi connectivity index (χ4n) is 0.840. The van der Waals surface area contributed by atoms with Crippen molar-refractivity contribution < 1.29 is 19.0 Å². The van der Waals surface area contributed by atoms with Gasteiger partial charge in [-0.1, -0.05) is 0 Å². The molecule has 0 bridgehead atoms. The molecule has 0 aromatic rings. The number of ether oxygens (including phenoxy) is 1. The zero-order valence-electron chi connectivity index (χ0n) is 9.95. The van der Waals surface area contributed by atoms with E-state index in [2.05, 4.69) is 0 Å². The summed E-state index contributed by atoms with van der Waals surface area (Å²) in [5.74, 6) is 0. The fraction of sp³-hybridized carbons (Fsp3) is 0.900. The minimum atomic E-state index is -1.37. The van der Waals surface area contributed by atoms with Crippen LogP contribution in [0.15, 0.2) is 0 Å². The molecule has 0 fully saturated rings. The van der Waals surface area contributed by atoms with Crippen molar-refractivity contribution in [2.24, 2.45) is 0 Å². The molecule has 0 unspecified atom stereocenters. The van der Waals surface area contributed by atoms with Gasteiger partial charge in [0.1, 0.15) is 17.9 Å². The molecular weight excluding hydrogens is 201 g/mol. The minimum Gasteiger partial charge on any atom is -0.444 e. The first-order valence-corrected chi connectivity index (χ1v) is 4.89. The van der Waals surface area contributed by atoms with E-state index in [-0.39, 0.29) is 6.54 Å². The Morgan fingerprint density at radius 3 is 2.33 bits per heavy atom. The number of aliphatic hydroxyl groups excluding tert-OH is 1. The molecular formula is C10H20FNO3. The van der Waals surface area contributed by atoms with Crippen LogP contribution in [-0.4, -0.2) is 47.6 Å². The molecule has 1 amide bonds. The summed E-state index contributed by atoms with van der Waals surface area (Å²) in [6.45, 7) is 6.40. The highest BCUT2D eigenvalue weighted by Gasteiger charge is 2.23. The van der Waals surface area contributed by atoms with E-state index in [1.54, 1.807) is 20.8 Å². The van der Waals surface area contributed by atoms with Crippen LogP contribution in [0, 0.1) is 0 Å². The second-order valence-electron chi connectivity index (χ2n) is 4.61. The van der Waals surface area contributed by atoms with Gasteiger partial charge in [-0.2, -0.15) is 0 Å². The van der Waals surface area contributed by atoms with E-state index in [9.17, 15) is 14.3 Å². The van der Waals surface area contributed by atoms with Crippen LogP contribution < -0.4 is 0 Å². The van der Waals surface area contributed by atoms with Gasteiger partial charge < -0.3 is 14.7 Å². The molecule has 0 heterocycles. The third-order valence-corrected chi connectivity index (χ3v) is 1.70. The van der Waals surface area contributed by atoms with Gasteiger partial charge in [-0.25, -0.2) is 9.18 Å². The molecule has 0 rings (SSSR count). The normalized spacial score (nSPS) is 15.7. The molecule has 5 heteroatoms. The van der Waals surface area contributed by atoms with Crippen molar-refractivity contribution in [1.82, 2.24) is 4.90 Å². The topological polar surface area (TPSA) is 49.8 Å². The third kappa shape index (κ3) is 6.28. The summed E-state index contributed by atoms with van der Waals surface area (Å²) < 4.78 is 17.7. The van der Waals surface area contributed by atoms with Gasteiger partial charge in [0.25, 0.3) is 0 Å².